The molecule has 1 N–H and O–H groups in total. The quantitative estimate of drug-likeness (QED) is 0.820. The Hall–Kier alpha value is -1.55. The number of carbonyl (C=O) groups excluding carboxylic acids is 1. The molecule has 116 valence electrons. The second kappa shape index (κ2) is 8.03. The third-order valence-electron chi connectivity index (χ3n) is 4.08. The molecule has 1 aromatic carbocycles. The van der Waals surface area contributed by atoms with Crippen LogP contribution in [0.2, 0.25) is 0 Å². The summed E-state index contributed by atoms with van der Waals surface area (Å²) < 4.78 is 11.0. The first-order valence-electron chi connectivity index (χ1n) is 7.74. The number of hydrogen-bond acceptors (Lipinski definition) is 3. The molecule has 1 saturated carbocycles. The van der Waals surface area contributed by atoms with E-state index in [1.807, 2.05) is 12.1 Å². The summed E-state index contributed by atoms with van der Waals surface area (Å²) in [4.78, 5) is 12.0. The third kappa shape index (κ3) is 4.74. The van der Waals surface area contributed by atoms with E-state index in [2.05, 4.69) is 12.2 Å². The van der Waals surface area contributed by atoms with E-state index < -0.39 is 0 Å². The monoisotopic (exact) mass is 291 g/mol. The SMILES string of the molecule is COc1cccc(C(=O)NCCO[C@H]2CCCC[C@H]2C)c1. The molecule has 0 heterocycles. The Bertz CT molecular complexity index is 461. The molecule has 0 radical (unpaired) electrons. The number of carbonyl (C=O) groups is 1. The summed E-state index contributed by atoms with van der Waals surface area (Å²) in [6, 6.07) is 7.15. The molecule has 1 fully saturated rings. The maximum absolute atomic E-state index is 12.0. The lowest BCUT2D eigenvalue weighted by Gasteiger charge is -2.28. The predicted octanol–water partition coefficient (Wildman–Crippen LogP) is 3.02. The van der Waals surface area contributed by atoms with Crippen molar-refractivity contribution in [3.63, 3.8) is 0 Å². The van der Waals surface area contributed by atoms with Crippen LogP contribution in [-0.2, 0) is 4.74 Å². The van der Waals surface area contributed by atoms with Crippen LogP contribution in [0.15, 0.2) is 24.3 Å². The first-order chi connectivity index (χ1) is 10.2. The van der Waals surface area contributed by atoms with Crippen LogP contribution >= 0.6 is 0 Å². The average molecular weight is 291 g/mol. The molecular weight excluding hydrogens is 266 g/mol. The molecule has 2 atom stereocenters. The molecule has 0 aromatic heterocycles. The lowest BCUT2D eigenvalue weighted by Crippen LogP contribution is -2.31. The topological polar surface area (TPSA) is 47.6 Å². The highest BCUT2D eigenvalue weighted by atomic mass is 16.5. The molecule has 1 aromatic rings. The maximum Gasteiger partial charge on any atom is 0.251 e. The number of hydrogen-bond donors (Lipinski definition) is 1. The van der Waals surface area contributed by atoms with Crippen LogP contribution in [0, 0.1) is 5.92 Å². The van der Waals surface area contributed by atoms with E-state index in [1.165, 1.54) is 19.3 Å². The van der Waals surface area contributed by atoms with Crippen LogP contribution in [0.5, 0.6) is 5.75 Å². The zero-order valence-corrected chi connectivity index (χ0v) is 12.9. The average Bonchev–Trinajstić information content (AvgIpc) is 2.53. The van der Waals surface area contributed by atoms with E-state index in [-0.39, 0.29) is 5.91 Å². The van der Waals surface area contributed by atoms with E-state index in [9.17, 15) is 4.79 Å². The second-order valence-electron chi connectivity index (χ2n) is 5.66. The highest BCUT2D eigenvalue weighted by molar-refractivity contribution is 5.94. The first-order valence-corrected chi connectivity index (χ1v) is 7.74. The Morgan fingerprint density at radius 1 is 1.33 bits per heavy atom. The summed E-state index contributed by atoms with van der Waals surface area (Å²) >= 11 is 0. The fourth-order valence-electron chi connectivity index (χ4n) is 2.77. The molecule has 4 nitrogen and oxygen atoms in total. The largest absolute Gasteiger partial charge is 0.497 e. The number of nitrogens with one attached hydrogen (secondary N) is 1. The summed E-state index contributed by atoms with van der Waals surface area (Å²) in [6.07, 6.45) is 5.32. The first kappa shape index (κ1) is 15.8. The summed E-state index contributed by atoms with van der Waals surface area (Å²) in [5.74, 6) is 1.23. The highest BCUT2D eigenvalue weighted by Crippen LogP contribution is 2.25. The number of ether oxygens (including phenoxy) is 2. The van der Waals surface area contributed by atoms with Gasteiger partial charge in [0.1, 0.15) is 5.75 Å². The van der Waals surface area contributed by atoms with Gasteiger partial charge in [-0.1, -0.05) is 25.8 Å². The van der Waals surface area contributed by atoms with Crippen molar-refractivity contribution in [2.24, 2.45) is 5.92 Å². The third-order valence-corrected chi connectivity index (χ3v) is 4.08. The van der Waals surface area contributed by atoms with Crippen molar-refractivity contribution in [3.05, 3.63) is 29.8 Å². The van der Waals surface area contributed by atoms with Crippen LogP contribution in [0.3, 0.4) is 0 Å². The van der Waals surface area contributed by atoms with Crippen molar-refractivity contribution in [2.75, 3.05) is 20.3 Å². The Morgan fingerprint density at radius 3 is 2.90 bits per heavy atom. The number of benzene rings is 1. The molecule has 0 spiro atoms. The lowest BCUT2D eigenvalue weighted by molar-refractivity contribution is -0.00293. The van der Waals surface area contributed by atoms with Gasteiger partial charge >= 0.3 is 0 Å². The van der Waals surface area contributed by atoms with Crippen molar-refractivity contribution in [1.29, 1.82) is 0 Å². The van der Waals surface area contributed by atoms with Crippen LogP contribution in [-0.4, -0.2) is 32.3 Å². The fourth-order valence-corrected chi connectivity index (χ4v) is 2.77. The molecule has 4 heteroatoms. The molecule has 1 aliphatic rings. The van der Waals surface area contributed by atoms with Gasteiger partial charge in [0, 0.05) is 12.1 Å². The maximum atomic E-state index is 12.0. The minimum atomic E-state index is -0.0887. The van der Waals surface area contributed by atoms with Crippen LogP contribution in [0.4, 0.5) is 0 Å². The van der Waals surface area contributed by atoms with Gasteiger partial charge in [0.05, 0.1) is 19.8 Å². The zero-order valence-electron chi connectivity index (χ0n) is 12.9. The highest BCUT2D eigenvalue weighted by Gasteiger charge is 2.21. The fraction of sp³-hybridized carbons (Fsp3) is 0.588. The number of rotatable bonds is 6. The summed E-state index contributed by atoms with van der Waals surface area (Å²) in [7, 11) is 1.59. The zero-order chi connectivity index (χ0) is 15.1. The van der Waals surface area contributed by atoms with Gasteiger partial charge in [0.15, 0.2) is 0 Å². The smallest absolute Gasteiger partial charge is 0.251 e. The van der Waals surface area contributed by atoms with Crippen molar-refractivity contribution in [2.45, 2.75) is 38.7 Å². The standard InChI is InChI=1S/C17H25NO3/c1-13-6-3-4-9-16(13)21-11-10-18-17(19)14-7-5-8-15(12-14)20-2/h5,7-8,12-13,16H,3-4,6,9-11H2,1-2H3,(H,18,19)/t13-,16+/m1/s1. The summed E-state index contributed by atoms with van der Waals surface area (Å²) in [5.41, 5.74) is 0.611. The Kier molecular flexibility index (Phi) is 6.05. The normalized spacial score (nSPS) is 21.8. The van der Waals surface area contributed by atoms with Crippen molar-refractivity contribution in [3.8, 4) is 5.75 Å². The van der Waals surface area contributed by atoms with E-state index >= 15 is 0 Å². The van der Waals surface area contributed by atoms with Crippen molar-refractivity contribution >= 4 is 5.91 Å². The molecule has 0 bridgehead atoms. The number of methoxy groups -OCH3 is 1. The Labute approximate surface area is 126 Å². The van der Waals surface area contributed by atoms with Crippen LogP contribution < -0.4 is 10.1 Å². The van der Waals surface area contributed by atoms with E-state index in [0.29, 0.717) is 36.5 Å². The minimum absolute atomic E-state index is 0.0887. The van der Waals surface area contributed by atoms with Gasteiger partial charge in [0.25, 0.3) is 5.91 Å². The predicted molar refractivity (Wildman–Crippen MR) is 82.7 cm³/mol. The molecule has 0 aliphatic heterocycles. The molecular formula is C17H25NO3. The van der Waals surface area contributed by atoms with Gasteiger partial charge in [-0.2, -0.15) is 0 Å². The van der Waals surface area contributed by atoms with Gasteiger partial charge in [-0.25, -0.2) is 0 Å². The minimum Gasteiger partial charge on any atom is -0.497 e. The van der Waals surface area contributed by atoms with E-state index in [1.54, 1.807) is 19.2 Å². The second-order valence-corrected chi connectivity index (χ2v) is 5.66. The van der Waals surface area contributed by atoms with Crippen LogP contribution in [0.1, 0.15) is 43.0 Å². The molecule has 1 amide bonds. The molecule has 2 rings (SSSR count). The van der Waals surface area contributed by atoms with Gasteiger partial charge < -0.3 is 14.8 Å². The van der Waals surface area contributed by atoms with Crippen molar-refractivity contribution < 1.29 is 14.3 Å². The molecule has 0 unspecified atom stereocenters. The van der Waals surface area contributed by atoms with Gasteiger partial charge in [-0.3, -0.25) is 4.79 Å². The van der Waals surface area contributed by atoms with Gasteiger partial charge in [-0.15, -0.1) is 0 Å². The molecule has 21 heavy (non-hydrogen) atoms. The lowest BCUT2D eigenvalue weighted by atomic mass is 9.88. The Balaban J connectivity index is 1.71. The van der Waals surface area contributed by atoms with E-state index in [0.717, 1.165) is 6.42 Å². The van der Waals surface area contributed by atoms with Crippen LogP contribution in [0.25, 0.3) is 0 Å². The van der Waals surface area contributed by atoms with Gasteiger partial charge in [-0.05, 0) is 37.0 Å². The molecule has 1 aliphatic carbocycles. The number of amides is 1. The molecule has 0 saturated heterocycles. The van der Waals surface area contributed by atoms with E-state index in [4.69, 9.17) is 9.47 Å². The van der Waals surface area contributed by atoms with Crippen molar-refractivity contribution in [1.82, 2.24) is 5.32 Å². The summed E-state index contributed by atoms with van der Waals surface area (Å²) in [5, 5.41) is 2.89. The summed E-state index contributed by atoms with van der Waals surface area (Å²) in [6.45, 7) is 3.36. The van der Waals surface area contributed by atoms with Gasteiger partial charge in [0.2, 0.25) is 0 Å². The Morgan fingerprint density at radius 2 is 2.14 bits per heavy atom.